The van der Waals surface area contributed by atoms with Crippen LogP contribution in [0, 0.1) is 0 Å². The first-order chi connectivity index (χ1) is 14.1. The first-order valence-corrected chi connectivity index (χ1v) is 10.7. The highest BCUT2D eigenvalue weighted by Gasteiger charge is 2.23. The fraction of sp³-hybridized carbons (Fsp3) is 0.350. The fourth-order valence-electron chi connectivity index (χ4n) is 3.64. The number of fused-ring (bicyclic) bond motifs is 1. The van der Waals surface area contributed by atoms with Gasteiger partial charge in [0, 0.05) is 18.0 Å². The van der Waals surface area contributed by atoms with Gasteiger partial charge in [0.15, 0.2) is 5.65 Å². The van der Waals surface area contributed by atoms with Gasteiger partial charge in [0.25, 0.3) is 0 Å². The predicted octanol–water partition coefficient (Wildman–Crippen LogP) is 2.77. The molecule has 1 aromatic carbocycles. The van der Waals surface area contributed by atoms with E-state index in [9.17, 15) is 9.59 Å². The molecule has 9 heteroatoms. The zero-order chi connectivity index (χ0) is 20.4. The number of thioether (sulfide) groups is 1. The first-order valence-electron chi connectivity index (χ1n) is 9.50. The second-order valence-electron chi connectivity index (χ2n) is 7.02. The maximum absolute atomic E-state index is 12.7. The van der Waals surface area contributed by atoms with Gasteiger partial charge in [0.1, 0.15) is 5.52 Å². The summed E-state index contributed by atoms with van der Waals surface area (Å²) in [5.74, 6) is 0.277. The molecule has 1 fully saturated rings. The molecule has 0 bridgehead atoms. The molecular weight excluding hydrogens is 388 g/mol. The van der Waals surface area contributed by atoms with Gasteiger partial charge < -0.3 is 4.57 Å². The molecule has 0 unspecified atom stereocenters. The van der Waals surface area contributed by atoms with E-state index >= 15 is 0 Å². The fourth-order valence-corrected chi connectivity index (χ4v) is 4.05. The smallest absolute Gasteiger partial charge is 0.303 e. The van der Waals surface area contributed by atoms with Crippen molar-refractivity contribution in [2.75, 3.05) is 11.7 Å². The molecule has 3 aromatic rings. The SMILES string of the molecule is CSc1ccc(/C=N/Nc2ncc3c(n2)n(C2CCCC2)c(=O)c(=O)n3C)cc1. The van der Waals surface area contributed by atoms with E-state index in [4.69, 9.17) is 0 Å². The Bertz CT molecular complexity index is 1180. The number of aromatic nitrogens is 4. The highest BCUT2D eigenvalue weighted by molar-refractivity contribution is 7.98. The van der Waals surface area contributed by atoms with E-state index in [1.165, 1.54) is 9.46 Å². The minimum Gasteiger partial charge on any atom is -0.303 e. The molecule has 2 heterocycles. The maximum Gasteiger partial charge on any atom is 0.318 e. The summed E-state index contributed by atoms with van der Waals surface area (Å²) in [7, 11) is 1.57. The quantitative estimate of drug-likeness (QED) is 0.301. The lowest BCUT2D eigenvalue weighted by Crippen LogP contribution is -2.42. The van der Waals surface area contributed by atoms with Crippen LogP contribution >= 0.6 is 11.8 Å². The molecule has 0 aliphatic heterocycles. The first kappa shape index (κ1) is 19.4. The molecule has 1 aliphatic rings. The average molecular weight is 411 g/mol. The van der Waals surface area contributed by atoms with Gasteiger partial charge in [-0.05, 0) is 36.8 Å². The van der Waals surface area contributed by atoms with E-state index in [0.717, 1.165) is 31.2 Å². The molecule has 29 heavy (non-hydrogen) atoms. The predicted molar refractivity (Wildman–Crippen MR) is 116 cm³/mol. The molecule has 2 aromatic heterocycles. The zero-order valence-corrected chi connectivity index (χ0v) is 17.1. The molecular formula is C20H22N6O2S. The van der Waals surface area contributed by atoms with Gasteiger partial charge in [-0.25, -0.2) is 10.4 Å². The molecule has 0 radical (unpaired) electrons. The van der Waals surface area contributed by atoms with Crippen molar-refractivity contribution in [1.82, 2.24) is 19.1 Å². The second kappa shape index (κ2) is 8.20. The van der Waals surface area contributed by atoms with Crippen molar-refractivity contribution in [3.63, 3.8) is 0 Å². The van der Waals surface area contributed by atoms with Crippen LogP contribution < -0.4 is 16.5 Å². The number of benzene rings is 1. The van der Waals surface area contributed by atoms with Crippen molar-refractivity contribution in [2.24, 2.45) is 12.1 Å². The molecule has 8 nitrogen and oxygen atoms in total. The Hall–Kier alpha value is -2.94. The van der Waals surface area contributed by atoms with Gasteiger partial charge in [-0.1, -0.05) is 25.0 Å². The lowest BCUT2D eigenvalue weighted by molar-refractivity contribution is 0.507. The van der Waals surface area contributed by atoms with Crippen LogP contribution in [0.25, 0.3) is 11.2 Å². The van der Waals surface area contributed by atoms with Gasteiger partial charge >= 0.3 is 11.1 Å². The van der Waals surface area contributed by atoms with Gasteiger partial charge in [0.05, 0.1) is 12.4 Å². The average Bonchev–Trinajstić information content (AvgIpc) is 3.27. The number of hydrogen-bond donors (Lipinski definition) is 1. The van der Waals surface area contributed by atoms with E-state index < -0.39 is 11.1 Å². The number of nitrogens with zero attached hydrogens (tertiary/aromatic N) is 5. The molecule has 4 rings (SSSR count). The van der Waals surface area contributed by atoms with Crippen LogP contribution in [0.2, 0.25) is 0 Å². The van der Waals surface area contributed by atoms with Crippen LogP contribution in [0.1, 0.15) is 37.3 Å². The molecule has 0 amide bonds. The third-order valence-electron chi connectivity index (χ3n) is 5.23. The summed E-state index contributed by atoms with van der Waals surface area (Å²) < 4.78 is 2.85. The van der Waals surface area contributed by atoms with Crippen LogP contribution in [0.3, 0.4) is 0 Å². The molecule has 0 saturated heterocycles. The summed E-state index contributed by atoms with van der Waals surface area (Å²) in [4.78, 5) is 35.0. The Morgan fingerprint density at radius 1 is 1.17 bits per heavy atom. The van der Waals surface area contributed by atoms with Crippen LogP contribution in [0.15, 0.2) is 50.0 Å². The van der Waals surface area contributed by atoms with Crippen LogP contribution in [0.4, 0.5) is 5.95 Å². The van der Waals surface area contributed by atoms with Crippen LogP contribution in [0.5, 0.6) is 0 Å². The topological polar surface area (TPSA) is 94.2 Å². The Morgan fingerprint density at radius 3 is 2.59 bits per heavy atom. The minimum absolute atomic E-state index is 0.0000938. The Kier molecular flexibility index (Phi) is 5.48. The van der Waals surface area contributed by atoms with Crippen molar-refractivity contribution >= 4 is 35.1 Å². The Labute approximate surface area is 171 Å². The summed E-state index contributed by atoms with van der Waals surface area (Å²) in [6, 6.07) is 8.01. The summed E-state index contributed by atoms with van der Waals surface area (Å²) in [5.41, 5.74) is 3.67. The van der Waals surface area contributed by atoms with Gasteiger partial charge in [-0.2, -0.15) is 10.1 Å². The summed E-state index contributed by atoms with van der Waals surface area (Å²) in [6.07, 6.45) is 9.11. The van der Waals surface area contributed by atoms with Gasteiger partial charge in [-0.3, -0.25) is 14.2 Å². The summed E-state index contributed by atoms with van der Waals surface area (Å²) in [6.45, 7) is 0. The monoisotopic (exact) mass is 410 g/mol. The van der Waals surface area contributed by atoms with Crippen LogP contribution in [-0.4, -0.2) is 31.6 Å². The van der Waals surface area contributed by atoms with Gasteiger partial charge in [-0.15, -0.1) is 11.8 Å². The number of anilines is 1. The summed E-state index contributed by atoms with van der Waals surface area (Å²) in [5, 5.41) is 4.20. The molecule has 1 N–H and O–H groups in total. The van der Waals surface area contributed by atoms with Crippen molar-refractivity contribution in [1.29, 1.82) is 0 Å². The number of nitrogens with one attached hydrogen (secondary N) is 1. The zero-order valence-electron chi connectivity index (χ0n) is 16.3. The van der Waals surface area contributed by atoms with E-state index in [-0.39, 0.29) is 12.0 Å². The number of aryl methyl sites for hydroxylation is 1. The van der Waals surface area contributed by atoms with Crippen molar-refractivity contribution in [2.45, 2.75) is 36.6 Å². The number of hydrazone groups is 1. The van der Waals surface area contributed by atoms with Crippen molar-refractivity contribution in [3.8, 4) is 0 Å². The number of hydrogen-bond acceptors (Lipinski definition) is 7. The highest BCUT2D eigenvalue weighted by atomic mass is 32.2. The van der Waals surface area contributed by atoms with Crippen molar-refractivity contribution in [3.05, 3.63) is 56.7 Å². The van der Waals surface area contributed by atoms with E-state index in [0.29, 0.717) is 11.2 Å². The molecule has 0 atom stereocenters. The largest absolute Gasteiger partial charge is 0.318 e. The Balaban J connectivity index is 1.68. The van der Waals surface area contributed by atoms with Crippen LogP contribution in [-0.2, 0) is 7.05 Å². The lowest BCUT2D eigenvalue weighted by Gasteiger charge is -2.17. The third-order valence-corrected chi connectivity index (χ3v) is 5.97. The third kappa shape index (κ3) is 3.82. The second-order valence-corrected chi connectivity index (χ2v) is 7.90. The standard InChI is InChI=1S/C20H22N6O2S/c1-25-16-12-21-20(24-22-11-13-7-9-15(29-2)10-8-13)23-17(16)26(19(28)18(25)27)14-5-3-4-6-14/h7-12,14H,3-6H2,1-2H3,(H,21,23,24)/b22-11+. The molecule has 1 aliphatic carbocycles. The van der Waals surface area contributed by atoms with E-state index in [1.807, 2.05) is 30.5 Å². The van der Waals surface area contributed by atoms with Crippen molar-refractivity contribution < 1.29 is 0 Å². The van der Waals surface area contributed by atoms with Gasteiger partial charge in [0.2, 0.25) is 5.95 Å². The lowest BCUT2D eigenvalue weighted by atomic mass is 10.2. The van der Waals surface area contributed by atoms with E-state index in [1.54, 1.807) is 35.8 Å². The molecule has 0 spiro atoms. The van der Waals surface area contributed by atoms with E-state index in [2.05, 4.69) is 20.5 Å². The molecule has 150 valence electrons. The normalized spacial score (nSPS) is 14.8. The summed E-state index contributed by atoms with van der Waals surface area (Å²) >= 11 is 1.68. The number of rotatable bonds is 5. The Morgan fingerprint density at radius 2 is 1.90 bits per heavy atom. The maximum atomic E-state index is 12.7. The minimum atomic E-state index is -0.555. The highest BCUT2D eigenvalue weighted by Crippen LogP contribution is 2.29. The molecule has 1 saturated carbocycles.